The standard InChI is InChI=1S/C10H15N4O8PS/c15-1-4-6(16)7(17)10(21-4)13-2-11-5-8(13)12-3-14(9(5)18)22-23(19,20)24/h2,4,6-7,10,12,15-17H,1,3H2,(H2,19,20,24)/t4-,6-,7-,10-/m1/s1. The number of carbonyl (C=O) groups excluding carboxylic acids is 1. The van der Waals surface area contributed by atoms with E-state index in [4.69, 9.17) is 19.6 Å². The molecule has 0 aromatic carbocycles. The van der Waals surface area contributed by atoms with Crippen molar-refractivity contribution in [3.8, 4) is 0 Å². The maximum atomic E-state index is 12.2. The Kier molecular flexibility index (Phi) is 4.63. The molecule has 1 aromatic rings. The number of carbonyl (C=O) groups is 1. The Morgan fingerprint density at radius 2 is 2.17 bits per heavy atom. The van der Waals surface area contributed by atoms with Gasteiger partial charge in [-0.1, -0.05) is 0 Å². The second-order valence-corrected chi connectivity index (χ2v) is 7.74. The topological polar surface area (TPSA) is 170 Å². The van der Waals surface area contributed by atoms with Crippen LogP contribution in [0, 0.1) is 0 Å². The van der Waals surface area contributed by atoms with Gasteiger partial charge in [-0.25, -0.2) is 4.98 Å². The van der Waals surface area contributed by atoms with E-state index < -0.39 is 43.8 Å². The van der Waals surface area contributed by atoms with Crippen LogP contribution in [-0.2, 0) is 21.2 Å². The summed E-state index contributed by atoms with van der Waals surface area (Å²) in [5.74, 6) is -0.592. The van der Waals surface area contributed by atoms with Gasteiger partial charge in [-0.05, 0) is 11.8 Å². The summed E-state index contributed by atoms with van der Waals surface area (Å²) < 4.78 is 11.3. The number of aromatic nitrogens is 2. The highest BCUT2D eigenvalue weighted by molar-refractivity contribution is 8.06. The van der Waals surface area contributed by atoms with E-state index in [2.05, 4.69) is 26.7 Å². The second kappa shape index (κ2) is 6.29. The number of anilines is 1. The lowest BCUT2D eigenvalue weighted by atomic mass is 10.1. The molecule has 6 N–H and O–H groups in total. The maximum absolute atomic E-state index is 12.2. The van der Waals surface area contributed by atoms with Crippen molar-refractivity contribution in [2.75, 3.05) is 18.6 Å². The van der Waals surface area contributed by atoms with E-state index >= 15 is 0 Å². The van der Waals surface area contributed by atoms with Crippen molar-refractivity contribution in [2.45, 2.75) is 24.5 Å². The van der Waals surface area contributed by atoms with Crippen molar-refractivity contribution in [3.63, 3.8) is 0 Å². The quantitative estimate of drug-likeness (QED) is 0.303. The minimum absolute atomic E-state index is 0.123. The molecule has 2 aliphatic rings. The summed E-state index contributed by atoms with van der Waals surface area (Å²) in [7, 11) is 0. The smallest absolute Gasteiger partial charge is 0.344 e. The monoisotopic (exact) mass is 382 g/mol. The molecule has 2 aliphatic heterocycles. The molecule has 24 heavy (non-hydrogen) atoms. The molecule has 0 aliphatic carbocycles. The molecule has 0 radical (unpaired) electrons. The highest BCUT2D eigenvalue weighted by Crippen LogP contribution is 2.40. The molecule has 14 heteroatoms. The summed E-state index contributed by atoms with van der Waals surface area (Å²) in [5, 5.41) is 32.4. The van der Waals surface area contributed by atoms with E-state index in [0.29, 0.717) is 5.06 Å². The van der Waals surface area contributed by atoms with Gasteiger partial charge in [-0.3, -0.25) is 9.36 Å². The number of nitrogens with zero attached hydrogens (tertiary/aromatic N) is 3. The van der Waals surface area contributed by atoms with E-state index in [1.807, 2.05) is 0 Å². The molecule has 0 saturated carbocycles. The van der Waals surface area contributed by atoms with E-state index in [0.717, 1.165) is 0 Å². The predicted octanol–water partition coefficient (Wildman–Crippen LogP) is -2.54. The molecule has 1 amide bonds. The maximum Gasteiger partial charge on any atom is 0.344 e. The Balaban J connectivity index is 1.85. The molecule has 12 nitrogen and oxygen atoms in total. The first-order valence-electron chi connectivity index (χ1n) is 6.73. The van der Waals surface area contributed by atoms with Gasteiger partial charge < -0.3 is 35.2 Å². The third-order valence-corrected chi connectivity index (χ3v) is 4.22. The Labute approximate surface area is 140 Å². The number of imidazole rings is 1. The number of hydrogen-bond donors (Lipinski definition) is 6. The Morgan fingerprint density at radius 1 is 1.46 bits per heavy atom. The number of hydrogen-bond acceptors (Lipinski definition) is 9. The van der Waals surface area contributed by atoms with Gasteiger partial charge in [0.25, 0.3) is 0 Å². The molecule has 3 rings (SSSR count). The third kappa shape index (κ3) is 3.06. The minimum atomic E-state index is -4.09. The normalized spacial score (nSPS) is 30.4. The highest BCUT2D eigenvalue weighted by Gasteiger charge is 2.45. The lowest BCUT2D eigenvalue weighted by molar-refractivity contribution is -0.0534. The van der Waals surface area contributed by atoms with E-state index in [1.54, 1.807) is 0 Å². The van der Waals surface area contributed by atoms with Crippen LogP contribution in [0.15, 0.2) is 6.33 Å². The van der Waals surface area contributed by atoms with Crippen LogP contribution in [0.1, 0.15) is 16.7 Å². The molecular formula is C10H15N4O8PS. The number of nitrogens with one attached hydrogen (secondary N) is 1. The van der Waals surface area contributed by atoms with Gasteiger partial charge in [0.15, 0.2) is 11.9 Å². The SMILES string of the molecule is O=C1c2ncn([C@@H]3O[C@H](CO)[C@@H](O)[C@H]3O)c2NCN1OP(O)(O)=S. The molecule has 1 aromatic heterocycles. The fourth-order valence-corrected chi connectivity index (χ4v) is 3.16. The average Bonchev–Trinajstić information content (AvgIpc) is 3.04. The van der Waals surface area contributed by atoms with Gasteiger partial charge in [-0.2, -0.15) is 9.69 Å². The summed E-state index contributed by atoms with van der Waals surface area (Å²) in [5.41, 5.74) is -0.123. The first-order valence-corrected chi connectivity index (χ1v) is 9.36. The molecule has 1 fully saturated rings. The van der Waals surface area contributed by atoms with Crippen LogP contribution >= 0.6 is 6.72 Å². The van der Waals surface area contributed by atoms with Crippen molar-refractivity contribution >= 4 is 30.3 Å². The summed E-state index contributed by atoms with van der Waals surface area (Å²) in [6.07, 6.45) is -3.48. The summed E-state index contributed by atoms with van der Waals surface area (Å²) in [6, 6.07) is 0. The van der Waals surface area contributed by atoms with Crippen molar-refractivity contribution in [2.24, 2.45) is 0 Å². The van der Waals surface area contributed by atoms with Crippen molar-refractivity contribution in [1.29, 1.82) is 0 Å². The van der Waals surface area contributed by atoms with Crippen molar-refractivity contribution in [1.82, 2.24) is 14.6 Å². The minimum Gasteiger partial charge on any atom is -0.394 e. The van der Waals surface area contributed by atoms with Gasteiger partial charge in [0.05, 0.1) is 12.9 Å². The molecule has 134 valence electrons. The number of rotatable bonds is 4. The molecule has 0 bridgehead atoms. The zero-order chi connectivity index (χ0) is 17.6. The van der Waals surface area contributed by atoms with Gasteiger partial charge in [-0.15, -0.1) is 0 Å². The molecule has 1 saturated heterocycles. The average molecular weight is 382 g/mol. The Hall–Kier alpha value is -1.15. The van der Waals surface area contributed by atoms with Gasteiger partial charge >= 0.3 is 12.6 Å². The van der Waals surface area contributed by atoms with Gasteiger partial charge in [0.1, 0.15) is 30.8 Å². The fraction of sp³-hybridized carbons (Fsp3) is 0.600. The highest BCUT2D eigenvalue weighted by atomic mass is 32.5. The van der Waals surface area contributed by atoms with Crippen LogP contribution in [0.2, 0.25) is 0 Å². The first-order chi connectivity index (χ1) is 11.2. The number of aliphatic hydroxyl groups excluding tert-OH is 3. The zero-order valence-corrected chi connectivity index (χ0v) is 13.7. The summed E-state index contributed by atoms with van der Waals surface area (Å²) in [6.45, 7) is -4.84. The van der Waals surface area contributed by atoms with Crippen LogP contribution in [0.3, 0.4) is 0 Å². The third-order valence-electron chi connectivity index (χ3n) is 3.61. The summed E-state index contributed by atoms with van der Waals surface area (Å²) >= 11 is 4.31. The Morgan fingerprint density at radius 3 is 2.75 bits per heavy atom. The van der Waals surface area contributed by atoms with Crippen LogP contribution in [0.5, 0.6) is 0 Å². The molecular weight excluding hydrogens is 367 g/mol. The lowest BCUT2D eigenvalue weighted by Gasteiger charge is -2.28. The van der Waals surface area contributed by atoms with Crippen LogP contribution < -0.4 is 5.32 Å². The number of ether oxygens (including phenoxy) is 1. The van der Waals surface area contributed by atoms with Crippen molar-refractivity contribution < 1.29 is 39.3 Å². The van der Waals surface area contributed by atoms with E-state index in [-0.39, 0.29) is 18.2 Å². The van der Waals surface area contributed by atoms with E-state index in [9.17, 15) is 15.0 Å². The van der Waals surface area contributed by atoms with Crippen LogP contribution in [-0.4, -0.2) is 77.2 Å². The number of hydroxylamine groups is 2. The van der Waals surface area contributed by atoms with Crippen LogP contribution in [0.25, 0.3) is 0 Å². The zero-order valence-electron chi connectivity index (χ0n) is 12.0. The predicted molar refractivity (Wildman–Crippen MR) is 79.7 cm³/mol. The molecule has 0 unspecified atom stereocenters. The second-order valence-electron chi connectivity index (χ2n) is 5.17. The van der Waals surface area contributed by atoms with Gasteiger partial charge in [0, 0.05) is 0 Å². The fourth-order valence-electron chi connectivity index (χ4n) is 2.53. The molecule has 0 spiro atoms. The molecule has 4 atom stereocenters. The number of amides is 1. The van der Waals surface area contributed by atoms with Crippen molar-refractivity contribution in [3.05, 3.63) is 12.0 Å². The van der Waals surface area contributed by atoms with Crippen LogP contribution in [0.4, 0.5) is 5.82 Å². The Bertz CT molecular complexity index is 694. The number of aliphatic hydroxyl groups is 3. The largest absolute Gasteiger partial charge is 0.394 e. The number of fused-ring (bicyclic) bond motifs is 1. The van der Waals surface area contributed by atoms with Gasteiger partial charge in [0.2, 0.25) is 0 Å². The summed E-state index contributed by atoms with van der Waals surface area (Å²) in [4.78, 5) is 34.4. The first kappa shape index (κ1) is 17.7. The van der Waals surface area contributed by atoms with E-state index in [1.165, 1.54) is 10.9 Å². The molecule has 3 heterocycles. The lowest BCUT2D eigenvalue weighted by Crippen LogP contribution is -2.40.